The van der Waals surface area contributed by atoms with Gasteiger partial charge in [-0.3, -0.25) is 19.2 Å². The molecular formula is C59H99N3O42. The SMILES string of the molecule is CC(=O)NC1C(O)[C@H](O[C@@H]2OC(CO[C@]3(OC=O)C[C@@H](O)[C@@H](C)C([C@H](O)[C@H](O)CO)O3)[C@H](O)[C@H](O)C2O)[C@H](CO)O[C@H]1OC1[C@@H](OCC2O[C@@H](O[C@@H]3C(CO)O[C@@H](O[C@@H]4C(CO)O[C@@H](C)C(NC(C)=O)[C@H]4O)C(NC(C)=O)[C@H]3O)C(O)[C@@H](O[C@H]3OC(CO)[C@@H](O)C(O)C3O)[C@@H]2O)OC(CO)[C@@H](O)[C@@H]1O. The zero-order valence-corrected chi connectivity index (χ0v) is 56.5. The Morgan fingerprint density at radius 2 is 0.817 bits per heavy atom. The molecule has 8 aliphatic heterocycles. The Hall–Kier alpha value is -3.60. The summed E-state index contributed by atoms with van der Waals surface area (Å²) < 4.78 is 93.7. The minimum Gasteiger partial charge on any atom is -0.410 e. The van der Waals surface area contributed by atoms with Crippen LogP contribution in [-0.2, 0) is 95.0 Å². The maximum absolute atomic E-state index is 12.9. The van der Waals surface area contributed by atoms with Gasteiger partial charge in [-0.05, 0) is 6.92 Å². The van der Waals surface area contributed by atoms with Gasteiger partial charge >= 0.3 is 5.97 Å². The highest BCUT2D eigenvalue weighted by Crippen LogP contribution is 2.41. The average molecular weight is 1520 g/mol. The topological polar surface area (TPSA) is 697 Å². The lowest BCUT2D eigenvalue weighted by molar-refractivity contribution is -0.424. The highest BCUT2D eigenvalue weighted by atomic mass is 16.9. The second-order valence-corrected chi connectivity index (χ2v) is 26.6. The van der Waals surface area contributed by atoms with E-state index in [1.54, 1.807) is 0 Å². The Labute approximate surface area is 590 Å². The second-order valence-electron chi connectivity index (χ2n) is 26.6. The van der Waals surface area contributed by atoms with Crippen LogP contribution in [0.3, 0.4) is 0 Å². The number of ether oxygens (including phenoxy) is 16. The van der Waals surface area contributed by atoms with Crippen LogP contribution in [0.25, 0.3) is 0 Å². The minimum atomic E-state index is -2.62. The lowest BCUT2D eigenvalue weighted by Crippen LogP contribution is -2.70. The fourth-order valence-electron chi connectivity index (χ4n) is 13.5. The summed E-state index contributed by atoms with van der Waals surface area (Å²) in [6.07, 6.45) is -71.2. The Balaban J connectivity index is 1.04. The van der Waals surface area contributed by atoms with Gasteiger partial charge in [0.05, 0.1) is 83.6 Å². The highest BCUT2D eigenvalue weighted by Gasteiger charge is 2.60. The van der Waals surface area contributed by atoms with Crippen LogP contribution in [-0.4, -0.2) is 434 Å². The summed E-state index contributed by atoms with van der Waals surface area (Å²) in [6, 6.07) is -4.87. The van der Waals surface area contributed by atoms with Crippen molar-refractivity contribution in [1.29, 1.82) is 0 Å². The predicted octanol–water partition coefficient (Wildman–Crippen LogP) is -16.4. The third kappa shape index (κ3) is 19.0. The van der Waals surface area contributed by atoms with Crippen LogP contribution >= 0.6 is 0 Å². The van der Waals surface area contributed by atoms with Crippen LogP contribution in [0.4, 0.5) is 0 Å². The van der Waals surface area contributed by atoms with Crippen molar-refractivity contribution in [2.24, 2.45) is 5.92 Å². The van der Waals surface area contributed by atoms with Crippen molar-refractivity contribution >= 4 is 24.2 Å². The van der Waals surface area contributed by atoms with Crippen molar-refractivity contribution in [2.45, 2.75) is 286 Å². The molecule has 25 N–H and O–H groups in total. The third-order valence-electron chi connectivity index (χ3n) is 19.3. The summed E-state index contributed by atoms with van der Waals surface area (Å²) in [7, 11) is 0. The Morgan fingerprint density at radius 3 is 1.29 bits per heavy atom. The summed E-state index contributed by atoms with van der Waals surface area (Å²) >= 11 is 0. The van der Waals surface area contributed by atoms with E-state index in [2.05, 4.69) is 16.0 Å². The van der Waals surface area contributed by atoms with Crippen LogP contribution in [0.2, 0.25) is 0 Å². The van der Waals surface area contributed by atoms with Gasteiger partial charge in [-0.15, -0.1) is 0 Å². The standard InChI is InChI=1S/C59H99N3O42/c1-16-21(73)6-59(91-15-69,104-47(16)33(75)22(74)7-63)90-14-29-36(78)42(84)45(87)56(98-29)100-49-26(11-67)96-54(32(40(49)82)62-20(5)72)103-52-43(85)35(77)24(9-65)94-58(52)89-13-28-37(79)51(102-55-44(86)41(83)34(76)23(8-64)93-55)46(88)57(97-28)101-50-27(12-68)95-53(31(39(50)81)61-19(4)71)99-48-25(10-66)92-17(2)30(38(48)80)60-18(3)70/h15-17,21-58,63-68,73-88H,6-14H2,1-5H3,(H,60,70)(H,61,71)(H,62,72)/t16-,17+,21-,22-,23?,24?,25?,26+,27?,28?,29?,30?,31?,32?,33-,34-,35-,36+,37-,38-,39-,40?,41?,42+,43+,44?,45?,46?,47?,48-,49-,50-,51+,52?,53+,54+,55-,56+,57+,58+,59+/m1/s1. The predicted molar refractivity (Wildman–Crippen MR) is 323 cm³/mol. The van der Waals surface area contributed by atoms with Crippen molar-refractivity contribution in [1.82, 2.24) is 16.0 Å². The summed E-state index contributed by atoms with van der Waals surface area (Å²) in [5, 5.41) is 250. The molecule has 104 heavy (non-hydrogen) atoms. The third-order valence-corrected chi connectivity index (χ3v) is 19.3. The first-order chi connectivity index (χ1) is 49.1. The molecule has 0 spiro atoms. The molecule has 0 aromatic rings. The number of rotatable bonds is 29. The van der Waals surface area contributed by atoms with Crippen molar-refractivity contribution in [3.8, 4) is 0 Å². The molecular weight excluding hydrogens is 1420 g/mol. The number of hydrogen-bond donors (Lipinski definition) is 25. The molecule has 3 amide bonds. The van der Waals surface area contributed by atoms with Gasteiger partial charge in [0, 0.05) is 26.7 Å². The van der Waals surface area contributed by atoms with Gasteiger partial charge in [0.25, 0.3) is 6.47 Å². The smallest absolute Gasteiger partial charge is 0.332 e. The second kappa shape index (κ2) is 37.4. The van der Waals surface area contributed by atoms with E-state index in [1.165, 1.54) is 13.8 Å². The largest absolute Gasteiger partial charge is 0.410 e. The van der Waals surface area contributed by atoms with Gasteiger partial charge < -0.3 is 204 Å². The van der Waals surface area contributed by atoms with E-state index in [0.717, 1.165) is 20.8 Å². The van der Waals surface area contributed by atoms with Crippen LogP contribution in [0, 0.1) is 5.92 Å². The van der Waals surface area contributed by atoms with Gasteiger partial charge in [0.2, 0.25) is 17.7 Å². The monoisotopic (exact) mass is 1520 g/mol. The number of aliphatic hydroxyl groups is 22. The summed E-state index contributed by atoms with van der Waals surface area (Å²) in [5.41, 5.74) is 0. The lowest BCUT2D eigenvalue weighted by atomic mass is 9.87. The van der Waals surface area contributed by atoms with Gasteiger partial charge in [-0.2, -0.15) is 0 Å². The molecule has 0 bridgehead atoms. The molecule has 45 heteroatoms. The first-order valence-electron chi connectivity index (χ1n) is 33.4. The van der Waals surface area contributed by atoms with E-state index in [0.29, 0.717) is 0 Å². The molecule has 8 fully saturated rings. The quantitative estimate of drug-likeness (QED) is 0.0244. The molecule has 8 heterocycles. The molecule has 8 rings (SSSR count). The zero-order chi connectivity index (χ0) is 76.8. The Bertz CT molecular complexity index is 2710. The number of carbonyl (C=O) groups is 4. The average Bonchev–Trinajstić information content (AvgIpc) is 0.774. The number of amides is 3. The zero-order valence-electron chi connectivity index (χ0n) is 56.5. The van der Waals surface area contributed by atoms with E-state index in [-0.39, 0.29) is 6.47 Å². The molecule has 0 aliphatic carbocycles. The number of nitrogens with one attached hydrogen (secondary N) is 3. The van der Waals surface area contributed by atoms with E-state index in [4.69, 9.17) is 75.8 Å². The van der Waals surface area contributed by atoms with Gasteiger partial charge in [0.1, 0.15) is 177 Å². The van der Waals surface area contributed by atoms with Crippen molar-refractivity contribution in [3.05, 3.63) is 0 Å². The first-order valence-corrected chi connectivity index (χ1v) is 33.4. The van der Waals surface area contributed by atoms with Crippen molar-refractivity contribution in [2.75, 3.05) is 52.9 Å². The summed E-state index contributed by atoms with van der Waals surface area (Å²) in [5.74, 6) is -6.01. The minimum absolute atomic E-state index is 0.171. The molecule has 16 unspecified atom stereocenters. The molecule has 8 aliphatic rings. The van der Waals surface area contributed by atoms with Crippen LogP contribution < -0.4 is 16.0 Å². The Kier molecular flexibility index (Phi) is 30.9. The maximum atomic E-state index is 12.9. The molecule has 0 aromatic heterocycles. The fraction of sp³-hybridized carbons (Fsp3) is 0.932. The molecule has 8 saturated heterocycles. The maximum Gasteiger partial charge on any atom is 0.332 e. The van der Waals surface area contributed by atoms with E-state index in [1.807, 2.05) is 0 Å². The van der Waals surface area contributed by atoms with Crippen LogP contribution in [0.1, 0.15) is 41.0 Å². The van der Waals surface area contributed by atoms with Crippen molar-refractivity contribution in [3.63, 3.8) is 0 Å². The fourth-order valence-corrected chi connectivity index (χ4v) is 13.5. The summed E-state index contributed by atoms with van der Waals surface area (Å²) in [6.45, 7) is -2.38. The van der Waals surface area contributed by atoms with E-state index >= 15 is 0 Å². The van der Waals surface area contributed by atoms with Crippen LogP contribution in [0.5, 0.6) is 0 Å². The first kappa shape index (κ1) is 86.0. The summed E-state index contributed by atoms with van der Waals surface area (Å²) in [4.78, 5) is 49.7. The lowest BCUT2D eigenvalue weighted by Gasteiger charge is -2.50. The molecule has 602 valence electrons. The molecule has 0 saturated carbocycles. The molecule has 0 radical (unpaired) electrons. The molecule has 41 atom stereocenters. The van der Waals surface area contributed by atoms with Gasteiger partial charge in [-0.1, -0.05) is 6.92 Å². The Morgan fingerprint density at radius 1 is 0.433 bits per heavy atom. The molecule has 45 nitrogen and oxygen atoms in total. The van der Waals surface area contributed by atoms with Crippen molar-refractivity contribution < 1.29 is 207 Å². The number of aliphatic hydroxyl groups excluding tert-OH is 22. The van der Waals surface area contributed by atoms with Crippen LogP contribution in [0.15, 0.2) is 0 Å². The van der Waals surface area contributed by atoms with Gasteiger partial charge in [0.15, 0.2) is 37.7 Å². The van der Waals surface area contributed by atoms with E-state index < -0.39 is 328 Å². The number of hydrogen-bond acceptors (Lipinski definition) is 42. The molecule has 0 aromatic carbocycles. The van der Waals surface area contributed by atoms with Gasteiger partial charge in [-0.25, -0.2) is 0 Å². The van der Waals surface area contributed by atoms with E-state index in [9.17, 15) is 132 Å². The normalized spacial score (nSPS) is 47.9. The highest BCUT2D eigenvalue weighted by molar-refractivity contribution is 5.74. The number of carbonyl (C=O) groups excluding carboxylic acids is 4.